The molecule has 0 spiro atoms. The van der Waals surface area contributed by atoms with Crippen molar-refractivity contribution in [2.24, 2.45) is 0 Å². The van der Waals surface area contributed by atoms with Crippen LogP contribution in [0.2, 0.25) is 0 Å². The summed E-state index contributed by atoms with van der Waals surface area (Å²) in [4.78, 5) is 30.1. The van der Waals surface area contributed by atoms with Crippen LogP contribution in [0.15, 0.2) is 36.7 Å². The van der Waals surface area contributed by atoms with Crippen molar-refractivity contribution in [3.05, 3.63) is 65.0 Å². The summed E-state index contributed by atoms with van der Waals surface area (Å²) >= 11 is 0. The first kappa shape index (κ1) is 25.4. The lowest BCUT2D eigenvalue weighted by atomic mass is 9.78. The smallest absolute Gasteiger partial charge is 0.383 e. The number of alkyl halides is 5. The number of amides is 1. The summed E-state index contributed by atoms with van der Waals surface area (Å²) < 4.78 is 80.4. The van der Waals surface area contributed by atoms with Gasteiger partial charge in [-0.05, 0) is 38.0 Å². The second-order valence-corrected chi connectivity index (χ2v) is 9.13. The molecule has 8 nitrogen and oxygen atoms in total. The number of anilines is 2. The first-order valence-electron chi connectivity index (χ1n) is 11.3. The Morgan fingerprint density at radius 2 is 1.71 bits per heavy atom. The van der Waals surface area contributed by atoms with Gasteiger partial charge in [-0.2, -0.15) is 22.0 Å². The zero-order chi connectivity index (χ0) is 27.6. The Morgan fingerprint density at radius 1 is 1.03 bits per heavy atom. The van der Waals surface area contributed by atoms with E-state index in [0.717, 1.165) is 0 Å². The van der Waals surface area contributed by atoms with Crippen molar-refractivity contribution in [2.45, 2.75) is 44.2 Å². The minimum absolute atomic E-state index is 0.0133. The molecule has 1 atom stereocenters. The number of rotatable bonds is 5. The van der Waals surface area contributed by atoms with E-state index in [9.17, 15) is 31.1 Å². The van der Waals surface area contributed by atoms with E-state index in [1.165, 1.54) is 41.1 Å². The van der Waals surface area contributed by atoms with Gasteiger partial charge in [-0.15, -0.1) is 0 Å². The number of nitrogens with one attached hydrogen (secondary N) is 1. The van der Waals surface area contributed by atoms with Crippen LogP contribution in [0.3, 0.4) is 0 Å². The molecule has 1 unspecified atom stereocenters. The standard InChI is InChI=1S/C24H19F6N7O/c1-11-9-37-10-15(33-14(20(37)32-11)7-8-23(26,27)24(28,29)30)18-34-17(31)16-19(35-18)36-21(38)22(16,2)12-3-5-13(25)6-4-12/h3-6,9-10H,7-8H2,1-2H3,(H3,31,34,35,36,38). The summed E-state index contributed by atoms with van der Waals surface area (Å²) in [6.07, 6.45) is -5.01. The number of hydrogen-bond donors (Lipinski definition) is 2. The molecule has 3 aromatic heterocycles. The Hall–Kier alpha value is -4.23. The van der Waals surface area contributed by atoms with Gasteiger partial charge in [-0.25, -0.2) is 24.3 Å². The van der Waals surface area contributed by atoms with Gasteiger partial charge in [0.2, 0.25) is 5.91 Å². The molecule has 1 aromatic carbocycles. The second kappa shape index (κ2) is 8.39. The topological polar surface area (TPSA) is 111 Å². The van der Waals surface area contributed by atoms with Gasteiger partial charge in [0.25, 0.3) is 0 Å². The monoisotopic (exact) mass is 535 g/mol. The quantitative estimate of drug-likeness (QED) is 0.362. The van der Waals surface area contributed by atoms with Crippen LogP contribution in [-0.2, 0) is 16.6 Å². The van der Waals surface area contributed by atoms with Gasteiger partial charge in [0.05, 0.1) is 17.0 Å². The van der Waals surface area contributed by atoms with Crippen LogP contribution >= 0.6 is 0 Å². The number of fused-ring (bicyclic) bond motifs is 2. The highest BCUT2D eigenvalue weighted by Crippen LogP contribution is 2.45. The van der Waals surface area contributed by atoms with Gasteiger partial charge in [0.15, 0.2) is 11.5 Å². The zero-order valence-electron chi connectivity index (χ0n) is 19.9. The van der Waals surface area contributed by atoms with Crippen molar-refractivity contribution in [1.82, 2.24) is 24.3 Å². The van der Waals surface area contributed by atoms with Crippen molar-refractivity contribution in [3.63, 3.8) is 0 Å². The molecule has 0 saturated heterocycles. The number of aryl methyl sites for hydroxylation is 2. The van der Waals surface area contributed by atoms with Gasteiger partial charge in [0, 0.05) is 18.8 Å². The van der Waals surface area contributed by atoms with E-state index in [1.807, 2.05) is 0 Å². The molecular weight excluding hydrogens is 516 g/mol. The Balaban J connectivity index is 1.59. The summed E-state index contributed by atoms with van der Waals surface area (Å²) in [6.45, 7) is 3.20. The summed E-state index contributed by atoms with van der Waals surface area (Å²) in [5.41, 5.74) is 6.08. The fourth-order valence-electron chi connectivity index (χ4n) is 4.46. The van der Waals surface area contributed by atoms with E-state index < -0.39 is 42.1 Å². The van der Waals surface area contributed by atoms with E-state index in [-0.39, 0.29) is 40.1 Å². The highest BCUT2D eigenvalue weighted by atomic mass is 19.4. The van der Waals surface area contributed by atoms with E-state index in [1.54, 1.807) is 13.8 Å². The van der Waals surface area contributed by atoms with E-state index in [0.29, 0.717) is 11.3 Å². The highest BCUT2D eigenvalue weighted by molar-refractivity contribution is 6.09. The Labute approximate surface area is 211 Å². The molecular formula is C24H19F6N7O. The number of benzene rings is 1. The van der Waals surface area contributed by atoms with Crippen LogP contribution in [0.1, 0.15) is 35.9 Å². The summed E-state index contributed by atoms with van der Waals surface area (Å²) in [5.74, 6) is -6.02. The lowest BCUT2D eigenvalue weighted by Gasteiger charge is -2.23. The summed E-state index contributed by atoms with van der Waals surface area (Å²) in [7, 11) is 0. The van der Waals surface area contributed by atoms with Crippen LogP contribution < -0.4 is 11.1 Å². The van der Waals surface area contributed by atoms with Crippen molar-refractivity contribution in [2.75, 3.05) is 11.1 Å². The number of carbonyl (C=O) groups is 1. The number of nitrogen functional groups attached to an aromatic ring is 1. The van der Waals surface area contributed by atoms with Crippen LogP contribution in [0, 0.1) is 12.7 Å². The highest BCUT2D eigenvalue weighted by Gasteiger charge is 2.56. The molecule has 3 N–H and O–H groups in total. The van der Waals surface area contributed by atoms with Crippen LogP contribution in [0.5, 0.6) is 0 Å². The first-order valence-corrected chi connectivity index (χ1v) is 11.3. The van der Waals surface area contributed by atoms with E-state index >= 15 is 0 Å². The normalized spacial score (nSPS) is 17.6. The third-order valence-electron chi connectivity index (χ3n) is 6.49. The molecule has 4 aromatic rings. The predicted molar refractivity (Wildman–Crippen MR) is 124 cm³/mol. The van der Waals surface area contributed by atoms with Crippen LogP contribution in [0.4, 0.5) is 38.0 Å². The fraction of sp³-hybridized carbons (Fsp3) is 0.292. The minimum Gasteiger partial charge on any atom is -0.383 e. The zero-order valence-corrected chi connectivity index (χ0v) is 19.9. The number of nitrogens with zero attached hydrogens (tertiary/aromatic N) is 5. The fourth-order valence-corrected chi connectivity index (χ4v) is 4.46. The molecule has 0 saturated carbocycles. The Bertz CT molecular complexity index is 1580. The number of nitrogens with two attached hydrogens (primary N) is 1. The molecule has 198 valence electrons. The molecule has 0 fully saturated rings. The number of halogens is 6. The summed E-state index contributed by atoms with van der Waals surface area (Å²) in [5, 5.41) is 2.63. The van der Waals surface area contributed by atoms with Gasteiger partial charge in [-0.1, -0.05) is 12.1 Å². The summed E-state index contributed by atoms with van der Waals surface area (Å²) in [6, 6.07) is 5.29. The molecule has 4 heterocycles. The third-order valence-corrected chi connectivity index (χ3v) is 6.49. The van der Waals surface area contributed by atoms with Gasteiger partial charge in [-0.3, -0.25) is 4.79 Å². The molecule has 1 aliphatic rings. The molecule has 0 aliphatic carbocycles. The van der Waals surface area contributed by atoms with Gasteiger partial charge < -0.3 is 15.5 Å². The van der Waals surface area contributed by atoms with Crippen molar-refractivity contribution in [3.8, 4) is 11.5 Å². The van der Waals surface area contributed by atoms with Crippen molar-refractivity contribution < 1.29 is 31.1 Å². The molecule has 1 aliphatic heterocycles. The minimum atomic E-state index is -5.71. The predicted octanol–water partition coefficient (Wildman–Crippen LogP) is 4.60. The average molecular weight is 535 g/mol. The molecule has 5 rings (SSSR count). The SMILES string of the molecule is Cc1cn2cc(-c3nc(N)c4c(n3)NC(=O)C4(C)c3ccc(F)cc3)nc(CCC(F)(F)C(F)(F)F)c2n1. The average Bonchev–Trinajstić information content (AvgIpc) is 3.33. The van der Waals surface area contributed by atoms with Gasteiger partial charge in [0.1, 0.15) is 28.6 Å². The third kappa shape index (κ3) is 4.00. The maximum atomic E-state index is 13.6. The first-order chi connectivity index (χ1) is 17.7. The van der Waals surface area contributed by atoms with Gasteiger partial charge >= 0.3 is 12.1 Å². The second-order valence-electron chi connectivity index (χ2n) is 9.13. The maximum absolute atomic E-state index is 13.6. The Morgan fingerprint density at radius 3 is 2.37 bits per heavy atom. The van der Waals surface area contributed by atoms with Crippen molar-refractivity contribution in [1.29, 1.82) is 0 Å². The lowest BCUT2D eigenvalue weighted by Crippen LogP contribution is -2.36. The van der Waals surface area contributed by atoms with E-state index in [4.69, 9.17) is 5.73 Å². The Kier molecular flexibility index (Phi) is 5.62. The molecule has 0 radical (unpaired) electrons. The molecule has 0 bridgehead atoms. The number of carbonyl (C=O) groups excluding carboxylic acids is 1. The van der Waals surface area contributed by atoms with Crippen LogP contribution in [0.25, 0.3) is 17.2 Å². The maximum Gasteiger partial charge on any atom is 0.453 e. The lowest BCUT2D eigenvalue weighted by molar-refractivity contribution is -0.284. The number of imidazole rings is 1. The van der Waals surface area contributed by atoms with E-state index in [2.05, 4.69) is 25.3 Å². The number of hydrogen-bond acceptors (Lipinski definition) is 6. The largest absolute Gasteiger partial charge is 0.453 e. The number of aromatic nitrogens is 5. The van der Waals surface area contributed by atoms with Crippen LogP contribution in [-0.4, -0.2) is 42.3 Å². The van der Waals surface area contributed by atoms with Crippen molar-refractivity contribution >= 4 is 23.2 Å². The molecule has 1 amide bonds. The molecule has 38 heavy (non-hydrogen) atoms. The molecule has 14 heteroatoms.